The van der Waals surface area contributed by atoms with E-state index in [4.69, 9.17) is 0 Å². The van der Waals surface area contributed by atoms with E-state index in [1.165, 1.54) is 12.1 Å². The topological polar surface area (TPSA) is 32.3 Å². The fourth-order valence-electron chi connectivity index (χ4n) is 3.33. The largest absolute Gasteiger partial charge is 0.416 e. The summed E-state index contributed by atoms with van der Waals surface area (Å²) in [6.45, 7) is 3.92. The number of piperidine rings is 1. The molecular formula is C21H23F3N2O. The summed E-state index contributed by atoms with van der Waals surface area (Å²) in [6.07, 6.45) is -2.42. The lowest BCUT2D eigenvalue weighted by atomic mass is 10.0. The molecule has 2 aromatic rings. The van der Waals surface area contributed by atoms with E-state index >= 15 is 0 Å². The molecule has 1 amide bonds. The van der Waals surface area contributed by atoms with Crippen molar-refractivity contribution in [1.82, 2.24) is 10.2 Å². The molecule has 6 heteroatoms. The second-order valence-corrected chi connectivity index (χ2v) is 6.93. The summed E-state index contributed by atoms with van der Waals surface area (Å²) >= 11 is 0. The first-order chi connectivity index (χ1) is 12.8. The van der Waals surface area contributed by atoms with Crippen LogP contribution in [0.15, 0.2) is 48.5 Å². The van der Waals surface area contributed by atoms with Crippen LogP contribution in [0.25, 0.3) is 11.1 Å². The van der Waals surface area contributed by atoms with Crippen LogP contribution in [0.4, 0.5) is 13.2 Å². The van der Waals surface area contributed by atoms with Crippen LogP contribution in [0, 0.1) is 0 Å². The van der Waals surface area contributed by atoms with Crippen molar-refractivity contribution in [1.29, 1.82) is 0 Å². The van der Waals surface area contributed by atoms with Crippen LogP contribution in [-0.2, 0) is 17.5 Å². The van der Waals surface area contributed by atoms with Gasteiger partial charge < -0.3 is 10.2 Å². The number of nitrogens with zero attached hydrogens (tertiary/aromatic N) is 1. The second-order valence-electron chi connectivity index (χ2n) is 6.93. The molecular weight excluding hydrogens is 353 g/mol. The molecule has 0 aliphatic carbocycles. The molecule has 144 valence electrons. The van der Waals surface area contributed by atoms with E-state index in [0.29, 0.717) is 6.04 Å². The van der Waals surface area contributed by atoms with Crippen LogP contribution >= 0.6 is 0 Å². The summed E-state index contributed by atoms with van der Waals surface area (Å²) < 4.78 is 37.9. The Hall–Kier alpha value is -2.34. The summed E-state index contributed by atoms with van der Waals surface area (Å²) in [7, 11) is 0. The SMILES string of the molecule is CC(=O)N1CCC(NCc2ccc(-c3ccc(C(F)(F)F)cc3)cc2)CC1. The Bertz CT molecular complexity index is 762. The summed E-state index contributed by atoms with van der Waals surface area (Å²) in [4.78, 5) is 13.2. The molecule has 0 radical (unpaired) electrons. The molecule has 1 aliphatic heterocycles. The maximum Gasteiger partial charge on any atom is 0.416 e. The van der Waals surface area contributed by atoms with Gasteiger partial charge in [0.25, 0.3) is 0 Å². The molecule has 1 N–H and O–H groups in total. The number of carbonyl (C=O) groups excluding carboxylic acids is 1. The minimum atomic E-state index is -4.31. The fraction of sp³-hybridized carbons (Fsp3) is 0.381. The molecule has 2 aromatic carbocycles. The number of benzene rings is 2. The molecule has 1 aliphatic rings. The number of hydrogen-bond acceptors (Lipinski definition) is 2. The minimum Gasteiger partial charge on any atom is -0.343 e. The number of carbonyl (C=O) groups is 1. The highest BCUT2D eigenvalue weighted by molar-refractivity contribution is 5.73. The Morgan fingerprint density at radius 3 is 2.00 bits per heavy atom. The van der Waals surface area contributed by atoms with Gasteiger partial charge in [0.2, 0.25) is 5.91 Å². The first-order valence-electron chi connectivity index (χ1n) is 9.08. The minimum absolute atomic E-state index is 0.132. The second kappa shape index (κ2) is 8.13. The van der Waals surface area contributed by atoms with E-state index in [0.717, 1.165) is 61.3 Å². The van der Waals surface area contributed by atoms with Crippen molar-refractivity contribution in [3.63, 3.8) is 0 Å². The summed E-state index contributed by atoms with van der Waals surface area (Å²) in [5.74, 6) is 0.132. The molecule has 0 saturated carbocycles. The number of likely N-dealkylation sites (tertiary alicyclic amines) is 1. The van der Waals surface area contributed by atoms with Gasteiger partial charge in [0, 0.05) is 32.6 Å². The van der Waals surface area contributed by atoms with E-state index in [9.17, 15) is 18.0 Å². The lowest BCUT2D eigenvalue weighted by Crippen LogP contribution is -2.43. The molecule has 0 unspecified atom stereocenters. The van der Waals surface area contributed by atoms with Crippen LogP contribution in [0.1, 0.15) is 30.9 Å². The summed E-state index contributed by atoms with van der Waals surface area (Å²) in [5, 5.41) is 3.52. The lowest BCUT2D eigenvalue weighted by molar-refractivity contribution is -0.137. The predicted molar refractivity (Wildman–Crippen MR) is 99.0 cm³/mol. The van der Waals surface area contributed by atoms with E-state index < -0.39 is 11.7 Å². The highest BCUT2D eigenvalue weighted by Crippen LogP contribution is 2.31. The molecule has 3 nitrogen and oxygen atoms in total. The zero-order valence-corrected chi connectivity index (χ0v) is 15.2. The third kappa shape index (κ3) is 5.10. The summed E-state index contributed by atoms with van der Waals surface area (Å²) in [6, 6.07) is 13.5. The summed E-state index contributed by atoms with van der Waals surface area (Å²) in [5.41, 5.74) is 2.14. The first-order valence-corrected chi connectivity index (χ1v) is 9.08. The Morgan fingerprint density at radius 2 is 1.52 bits per heavy atom. The van der Waals surface area contributed by atoms with Gasteiger partial charge >= 0.3 is 6.18 Å². The normalized spacial score (nSPS) is 15.8. The fourth-order valence-corrected chi connectivity index (χ4v) is 3.33. The molecule has 1 fully saturated rings. The van der Waals surface area contributed by atoms with Crippen molar-refractivity contribution < 1.29 is 18.0 Å². The zero-order chi connectivity index (χ0) is 19.4. The van der Waals surface area contributed by atoms with E-state index in [-0.39, 0.29) is 5.91 Å². The Labute approximate surface area is 157 Å². The van der Waals surface area contributed by atoms with Crippen LogP contribution < -0.4 is 5.32 Å². The average molecular weight is 376 g/mol. The van der Waals surface area contributed by atoms with Gasteiger partial charge in [0.05, 0.1) is 5.56 Å². The molecule has 1 saturated heterocycles. The highest BCUT2D eigenvalue weighted by atomic mass is 19.4. The Balaban J connectivity index is 1.54. The number of hydrogen-bond donors (Lipinski definition) is 1. The van der Waals surface area contributed by atoms with Gasteiger partial charge in [-0.25, -0.2) is 0 Å². The van der Waals surface area contributed by atoms with Crippen LogP contribution in [0.3, 0.4) is 0 Å². The highest BCUT2D eigenvalue weighted by Gasteiger charge is 2.29. The Kier molecular flexibility index (Phi) is 5.85. The van der Waals surface area contributed by atoms with Crippen LogP contribution in [0.2, 0.25) is 0 Å². The molecule has 0 atom stereocenters. The van der Waals surface area contributed by atoms with Gasteiger partial charge in [0.15, 0.2) is 0 Å². The van der Waals surface area contributed by atoms with Gasteiger partial charge in [-0.3, -0.25) is 4.79 Å². The number of rotatable bonds is 4. The van der Waals surface area contributed by atoms with Gasteiger partial charge in [-0.05, 0) is 41.7 Å². The maximum atomic E-state index is 12.6. The Morgan fingerprint density at radius 1 is 1.00 bits per heavy atom. The van der Waals surface area contributed by atoms with E-state index in [1.807, 2.05) is 29.2 Å². The first kappa shape index (κ1) is 19.4. The van der Waals surface area contributed by atoms with E-state index in [2.05, 4.69) is 5.32 Å². The van der Waals surface area contributed by atoms with Crippen molar-refractivity contribution in [2.24, 2.45) is 0 Å². The lowest BCUT2D eigenvalue weighted by Gasteiger charge is -2.31. The van der Waals surface area contributed by atoms with Crippen molar-refractivity contribution in [3.05, 3.63) is 59.7 Å². The third-order valence-corrected chi connectivity index (χ3v) is 5.03. The van der Waals surface area contributed by atoms with Crippen molar-refractivity contribution in [2.45, 2.75) is 38.5 Å². The molecule has 1 heterocycles. The predicted octanol–water partition coefficient (Wildman–Crippen LogP) is 4.47. The smallest absolute Gasteiger partial charge is 0.343 e. The number of alkyl halides is 3. The van der Waals surface area contributed by atoms with Crippen LogP contribution in [-0.4, -0.2) is 29.9 Å². The standard InChI is InChI=1S/C21H23F3N2O/c1-15(27)26-12-10-20(11-13-26)25-14-16-2-4-17(5-3-16)18-6-8-19(9-7-18)21(22,23)24/h2-9,20,25H,10-14H2,1H3. The number of nitrogens with one attached hydrogen (secondary N) is 1. The van der Waals surface area contributed by atoms with Gasteiger partial charge in [-0.15, -0.1) is 0 Å². The van der Waals surface area contributed by atoms with Crippen LogP contribution in [0.5, 0.6) is 0 Å². The quantitative estimate of drug-likeness (QED) is 0.854. The van der Waals surface area contributed by atoms with Gasteiger partial charge in [-0.1, -0.05) is 36.4 Å². The molecule has 0 bridgehead atoms. The van der Waals surface area contributed by atoms with Gasteiger partial charge in [-0.2, -0.15) is 13.2 Å². The van der Waals surface area contributed by atoms with Crippen molar-refractivity contribution in [2.75, 3.05) is 13.1 Å². The van der Waals surface area contributed by atoms with Crippen molar-refractivity contribution >= 4 is 5.91 Å². The third-order valence-electron chi connectivity index (χ3n) is 5.03. The monoisotopic (exact) mass is 376 g/mol. The molecule has 0 aromatic heterocycles. The molecule has 27 heavy (non-hydrogen) atoms. The zero-order valence-electron chi connectivity index (χ0n) is 15.2. The molecule has 0 spiro atoms. The number of amides is 1. The number of halogens is 3. The average Bonchev–Trinajstić information content (AvgIpc) is 2.66. The van der Waals surface area contributed by atoms with Gasteiger partial charge in [0.1, 0.15) is 0 Å². The molecule has 3 rings (SSSR count). The van der Waals surface area contributed by atoms with E-state index in [1.54, 1.807) is 6.92 Å². The van der Waals surface area contributed by atoms with Crippen molar-refractivity contribution in [3.8, 4) is 11.1 Å². The maximum absolute atomic E-state index is 12.6.